The van der Waals surface area contributed by atoms with Gasteiger partial charge in [0.15, 0.2) is 0 Å². The van der Waals surface area contributed by atoms with E-state index in [1.165, 1.54) is 5.56 Å². The molecule has 2 aromatic rings. The summed E-state index contributed by atoms with van der Waals surface area (Å²) in [5, 5.41) is 10.4. The highest BCUT2D eigenvalue weighted by atomic mass is 16.3. The molecule has 106 valence electrons. The first-order chi connectivity index (χ1) is 9.47. The molecule has 0 bridgehead atoms. The van der Waals surface area contributed by atoms with Gasteiger partial charge in [0.25, 0.3) is 0 Å². The number of rotatable bonds is 4. The van der Waals surface area contributed by atoms with Gasteiger partial charge < -0.3 is 5.11 Å². The van der Waals surface area contributed by atoms with Crippen molar-refractivity contribution in [2.75, 3.05) is 0 Å². The van der Waals surface area contributed by atoms with Crippen LogP contribution in [-0.2, 0) is 6.42 Å². The molecule has 1 aromatic carbocycles. The molecule has 2 nitrogen and oxygen atoms in total. The fourth-order valence-electron chi connectivity index (χ4n) is 2.43. The summed E-state index contributed by atoms with van der Waals surface area (Å²) in [6, 6.07) is 10.5. The van der Waals surface area contributed by atoms with Crippen molar-refractivity contribution in [2.24, 2.45) is 0 Å². The molecule has 0 fully saturated rings. The third kappa shape index (κ3) is 3.45. The van der Waals surface area contributed by atoms with Crippen LogP contribution in [0.2, 0.25) is 0 Å². The molecule has 1 N–H and O–H groups in total. The molecule has 20 heavy (non-hydrogen) atoms. The van der Waals surface area contributed by atoms with Crippen molar-refractivity contribution < 1.29 is 5.11 Å². The maximum atomic E-state index is 10.4. The van der Waals surface area contributed by atoms with Crippen molar-refractivity contribution in [3.63, 3.8) is 0 Å². The average molecular weight is 269 g/mol. The lowest BCUT2D eigenvalue weighted by Gasteiger charge is -2.14. The zero-order valence-electron chi connectivity index (χ0n) is 12.7. The molecule has 1 heterocycles. The minimum atomic E-state index is -0.541. The second-order valence-electron chi connectivity index (χ2n) is 5.83. The average Bonchev–Trinajstić information content (AvgIpc) is 2.39. The standard InChI is InChI=1S/C18H23NO/c1-12(2)16-7-5-15(6-8-16)10-17(20)18-14(4)9-13(3)11-19-18/h5-9,11-12,17,20H,10H2,1-4H3. The van der Waals surface area contributed by atoms with Crippen LogP contribution in [0.4, 0.5) is 0 Å². The van der Waals surface area contributed by atoms with E-state index >= 15 is 0 Å². The molecule has 0 amide bonds. The van der Waals surface area contributed by atoms with Crippen molar-refractivity contribution >= 4 is 0 Å². The Morgan fingerprint density at radius 1 is 1.10 bits per heavy atom. The second-order valence-corrected chi connectivity index (χ2v) is 5.83. The van der Waals surface area contributed by atoms with E-state index in [1.807, 2.05) is 20.0 Å². The second kappa shape index (κ2) is 6.19. The Morgan fingerprint density at radius 3 is 2.30 bits per heavy atom. The Kier molecular flexibility index (Phi) is 4.56. The van der Waals surface area contributed by atoms with Gasteiger partial charge in [0, 0.05) is 12.6 Å². The van der Waals surface area contributed by atoms with Gasteiger partial charge in [-0.25, -0.2) is 0 Å². The van der Waals surface area contributed by atoms with Gasteiger partial charge in [0.05, 0.1) is 5.69 Å². The number of aromatic nitrogens is 1. The molecule has 0 saturated heterocycles. The van der Waals surface area contributed by atoms with Crippen LogP contribution in [0.25, 0.3) is 0 Å². The van der Waals surface area contributed by atoms with Crippen LogP contribution in [-0.4, -0.2) is 10.1 Å². The first kappa shape index (κ1) is 14.7. The van der Waals surface area contributed by atoms with Gasteiger partial charge in [0.2, 0.25) is 0 Å². The van der Waals surface area contributed by atoms with E-state index in [0.717, 1.165) is 22.4 Å². The lowest BCUT2D eigenvalue weighted by atomic mass is 9.98. The Bertz CT molecular complexity index is 572. The van der Waals surface area contributed by atoms with E-state index in [0.29, 0.717) is 12.3 Å². The van der Waals surface area contributed by atoms with Crippen LogP contribution in [0.3, 0.4) is 0 Å². The van der Waals surface area contributed by atoms with E-state index in [1.54, 1.807) is 0 Å². The minimum absolute atomic E-state index is 0.537. The van der Waals surface area contributed by atoms with Gasteiger partial charge in [-0.3, -0.25) is 4.98 Å². The first-order valence-corrected chi connectivity index (χ1v) is 7.17. The maximum absolute atomic E-state index is 10.4. The van der Waals surface area contributed by atoms with Crippen molar-refractivity contribution in [2.45, 2.75) is 46.1 Å². The molecule has 0 radical (unpaired) electrons. The number of aliphatic hydroxyl groups excluding tert-OH is 1. The molecule has 0 aliphatic carbocycles. The summed E-state index contributed by atoms with van der Waals surface area (Å²) in [5.74, 6) is 0.537. The Balaban J connectivity index is 2.12. The summed E-state index contributed by atoms with van der Waals surface area (Å²) in [4.78, 5) is 4.37. The number of nitrogens with zero attached hydrogens (tertiary/aromatic N) is 1. The zero-order chi connectivity index (χ0) is 14.7. The normalized spacial score (nSPS) is 12.7. The van der Waals surface area contributed by atoms with Crippen LogP contribution < -0.4 is 0 Å². The summed E-state index contributed by atoms with van der Waals surface area (Å²) in [5.41, 5.74) is 5.43. The fourth-order valence-corrected chi connectivity index (χ4v) is 2.43. The lowest BCUT2D eigenvalue weighted by molar-refractivity contribution is 0.173. The lowest BCUT2D eigenvalue weighted by Crippen LogP contribution is -2.06. The topological polar surface area (TPSA) is 33.1 Å². The van der Waals surface area contributed by atoms with E-state index in [2.05, 4.69) is 49.2 Å². The van der Waals surface area contributed by atoms with Crippen molar-refractivity contribution in [3.8, 4) is 0 Å². The van der Waals surface area contributed by atoms with E-state index in [4.69, 9.17) is 0 Å². The molecular weight excluding hydrogens is 246 g/mol. The molecule has 2 rings (SSSR count). The van der Waals surface area contributed by atoms with Gasteiger partial charge in [-0.15, -0.1) is 0 Å². The van der Waals surface area contributed by atoms with Crippen LogP contribution >= 0.6 is 0 Å². The minimum Gasteiger partial charge on any atom is -0.386 e. The number of aliphatic hydroxyl groups is 1. The molecule has 2 heteroatoms. The molecule has 0 aliphatic rings. The predicted octanol–water partition coefficient (Wildman–Crippen LogP) is 4.10. The highest BCUT2D eigenvalue weighted by Gasteiger charge is 2.13. The smallest absolute Gasteiger partial charge is 0.100 e. The third-order valence-corrected chi connectivity index (χ3v) is 3.65. The quantitative estimate of drug-likeness (QED) is 0.906. The monoisotopic (exact) mass is 269 g/mol. The van der Waals surface area contributed by atoms with Gasteiger partial charge in [-0.2, -0.15) is 0 Å². The molecule has 1 atom stereocenters. The third-order valence-electron chi connectivity index (χ3n) is 3.65. The summed E-state index contributed by atoms with van der Waals surface area (Å²) in [6.07, 6.45) is 1.88. The largest absolute Gasteiger partial charge is 0.386 e. The molecule has 1 unspecified atom stereocenters. The fraction of sp³-hybridized carbons (Fsp3) is 0.389. The van der Waals surface area contributed by atoms with Gasteiger partial charge in [0.1, 0.15) is 6.10 Å². The number of hydrogen-bond donors (Lipinski definition) is 1. The summed E-state index contributed by atoms with van der Waals surface area (Å²) in [6.45, 7) is 8.38. The number of benzene rings is 1. The van der Waals surface area contributed by atoms with E-state index < -0.39 is 6.10 Å². The Morgan fingerprint density at radius 2 is 1.75 bits per heavy atom. The Labute approximate surface area is 121 Å². The molecular formula is C18H23NO. The van der Waals surface area contributed by atoms with Crippen LogP contribution in [0.15, 0.2) is 36.5 Å². The highest BCUT2D eigenvalue weighted by molar-refractivity contribution is 5.28. The SMILES string of the molecule is Cc1cnc(C(O)Cc2ccc(C(C)C)cc2)c(C)c1. The van der Waals surface area contributed by atoms with Crippen LogP contribution in [0.1, 0.15) is 53.8 Å². The molecule has 1 aromatic heterocycles. The number of aryl methyl sites for hydroxylation is 2. The number of pyridine rings is 1. The summed E-state index contributed by atoms with van der Waals surface area (Å²) < 4.78 is 0. The zero-order valence-corrected chi connectivity index (χ0v) is 12.7. The predicted molar refractivity (Wildman–Crippen MR) is 82.9 cm³/mol. The van der Waals surface area contributed by atoms with Crippen molar-refractivity contribution in [1.29, 1.82) is 0 Å². The molecule has 0 spiro atoms. The van der Waals surface area contributed by atoms with E-state index in [-0.39, 0.29) is 0 Å². The maximum Gasteiger partial charge on any atom is 0.100 e. The van der Waals surface area contributed by atoms with E-state index in [9.17, 15) is 5.11 Å². The van der Waals surface area contributed by atoms with Gasteiger partial charge >= 0.3 is 0 Å². The van der Waals surface area contributed by atoms with Crippen LogP contribution in [0.5, 0.6) is 0 Å². The van der Waals surface area contributed by atoms with Gasteiger partial charge in [-0.1, -0.05) is 44.2 Å². The van der Waals surface area contributed by atoms with Crippen molar-refractivity contribution in [3.05, 3.63) is 64.5 Å². The molecule has 0 saturated carbocycles. The van der Waals surface area contributed by atoms with Gasteiger partial charge in [-0.05, 0) is 42.0 Å². The summed E-state index contributed by atoms with van der Waals surface area (Å²) >= 11 is 0. The number of hydrogen-bond acceptors (Lipinski definition) is 2. The Hall–Kier alpha value is -1.67. The highest BCUT2D eigenvalue weighted by Crippen LogP contribution is 2.22. The molecule has 0 aliphatic heterocycles. The summed E-state index contributed by atoms with van der Waals surface area (Å²) in [7, 11) is 0. The first-order valence-electron chi connectivity index (χ1n) is 7.17. The van der Waals surface area contributed by atoms with Crippen molar-refractivity contribution in [1.82, 2.24) is 4.98 Å². The van der Waals surface area contributed by atoms with Crippen LogP contribution in [0, 0.1) is 13.8 Å².